The fraction of sp³-hybridized carbons (Fsp3) is 0.500. The molecule has 2 N–H and O–H groups in total. The zero-order valence-electron chi connectivity index (χ0n) is 9.34. The number of rotatable bonds is 5. The Morgan fingerprint density at radius 1 is 1.56 bits per heavy atom. The highest BCUT2D eigenvalue weighted by molar-refractivity contribution is 5.90. The second kappa shape index (κ2) is 5.29. The smallest absolute Gasteiger partial charge is 0.330 e. The van der Waals surface area contributed by atoms with Crippen LogP contribution in [0, 0.1) is 0 Å². The summed E-state index contributed by atoms with van der Waals surface area (Å²) in [6, 6.07) is 0.970. The van der Waals surface area contributed by atoms with E-state index in [0.29, 0.717) is 13.0 Å². The summed E-state index contributed by atoms with van der Waals surface area (Å²) in [5, 5.41) is 3.93. The molecule has 0 fully saturated rings. The Labute approximate surface area is 93.4 Å². The lowest BCUT2D eigenvalue weighted by Crippen LogP contribution is -2.22. The fourth-order valence-corrected chi connectivity index (χ4v) is 1.34. The van der Waals surface area contributed by atoms with Gasteiger partial charge in [-0.2, -0.15) is 5.10 Å². The van der Waals surface area contributed by atoms with Gasteiger partial charge >= 0.3 is 5.97 Å². The van der Waals surface area contributed by atoms with Crippen molar-refractivity contribution in [3.8, 4) is 0 Å². The highest BCUT2D eigenvalue weighted by atomic mass is 16.5. The number of primary amides is 1. The number of aromatic nitrogens is 2. The van der Waals surface area contributed by atoms with Gasteiger partial charge in [0.25, 0.3) is 5.91 Å². The van der Waals surface area contributed by atoms with Crippen LogP contribution in [0.5, 0.6) is 0 Å². The number of carbonyl (C=O) groups is 2. The summed E-state index contributed by atoms with van der Waals surface area (Å²) in [6.07, 6.45) is 2.09. The van der Waals surface area contributed by atoms with Crippen molar-refractivity contribution in [1.82, 2.24) is 9.78 Å². The number of nitrogens with two attached hydrogens (primary N) is 1. The Morgan fingerprint density at radius 3 is 2.69 bits per heavy atom. The van der Waals surface area contributed by atoms with E-state index in [-0.39, 0.29) is 11.7 Å². The van der Waals surface area contributed by atoms with Gasteiger partial charge in [0.15, 0.2) is 0 Å². The molecule has 0 aromatic carbocycles. The zero-order valence-corrected chi connectivity index (χ0v) is 9.34. The van der Waals surface area contributed by atoms with Gasteiger partial charge in [-0.15, -0.1) is 0 Å². The average Bonchev–Trinajstić information content (AvgIpc) is 2.68. The van der Waals surface area contributed by atoms with Crippen molar-refractivity contribution in [1.29, 1.82) is 0 Å². The monoisotopic (exact) mass is 225 g/mol. The molecule has 6 heteroatoms. The molecule has 0 bridgehead atoms. The Morgan fingerprint density at radius 2 is 2.25 bits per heavy atom. The Bertz CT molecular complexity index is 386. The molecule has 0 saturated carbocycles. The Kier molecular flexibility index (Phi) is 4.04. The van der Waals surface area contributed by atoms with Crippen LogP contribution in [-0.4, -0.2) is 28.3 Å². The normalized spacial score (nSPS) is 12.1. The number of nitrogens with zero attached hydrogens (tertiary/aromatic N) is 2. The minimum Gasteiger partial charge on any atom is -0.464 e. The van der Waals surface area contributed by atoms with E-state index >= 15 is 0 Å². The summed E-state index contributed by atoms with van der Waals surface area (Å²) in [7, 11) is 0. The second-order valence-corrected chi connectivity index (χ2v) is 3.22. The number of ether oxygens (including phenoxy) is 1. The quantitative estimate of drug-likeness (QED) is 0.739. The molecule has 1 unspecified atom stereocenters. The van der Waals surface area contributed by atoms with Gasteiger partial charge in [0.2, 0.25) is 0 Å². The molecule has 6 nitrogen and oxygen atoms in total. The molecule has 1 atom stereocenters. The predicted molar refractivity (Wildman–Crippen MR) is 56.7 cm³/mol. The average molecular weight is 225 g/mol. The summed E-state index contributed by atoms with van der Waals surface area (Å²) in [5.41, 5.74) is 5.21. The molecular formula is C10H15N3O3. The maximum Gasteiger partial charge on any atom is 0.330 e. The third kappa shape index (κ3) is 2.59. The summed E-state index contributed by atoms with van der Waals surface area (Å²) in [5.74, 6) is -0.971. The van der Waals surface area contributed by atoms with E-state index in [2.05, 4.69) is 5.10 Å². The predicted octanol–water partition coefficient (Wildman–Crippen LogP) is 0.496. The van der Waals surface area contributed by atoms with Gasteiger partial charge in [-0.05, 0) is 19.4 Å². The van der Waals surface area contributed by atoms with E-state index in [1.807, 2.05) is 6.92 Å². The molecular weight excluding hydrogens is 210 g/mol. The first kappa shape index (κ1) is 12.2. The van der Waals surface area contributed by atoms with Crippen molar-refractivity contribution in [3.05, 3.63) is 18.0 Å². The molecule has 1 amide bonds. The van der Waals surface area contributed by atoms with Crippen molar-refractivity contribution >= 4 is 11.9 Å². The van der Waals surface area contributed by atoms with E-state index in [1.165, 1.54) is 10.7 Å². The SMILES string of the molecule is CCOC(=O)C(CC)n1ccc(C(N)=O)n1. The molecule has 16 heavy (non-hydrogen) atoms. The molecule has 0 aliphatic carbocycles. The third-order valence-corrected chi connectivity index (χ3v) is 2.13. The number of esters is 1. The van der Waals surface area contributed by atoms with Crippen LogP contribution in [0.2, 0.25) is 0 Å². The first-order valence-electron chi connectivity index (χ1n) is 5.11. The van der Waals surface area contributed by atoms with Crippen LogP contribution in [-0.2, 0) is 9.53 Å². The van der Waals surface area contributed by atoms with Crippen LogP contribution in [0.3, 0.4) is 0 Å². The maximum atomic E-state index is 11.6. The second-order valence-electron chi connectivity index (χ2n) is 3.22. The largest absolute Gasteiger partial charge is 0.464 e. The van der Waals surface area contributed by atoms with E-state index in [0.717, 1.165) is 0 Å². The lowest BCUT2D eigenvalue weighted by molar-refractivity contribution is -0.147. The number of amides is 1. The first-order valence-corrected chi connectivity index (χ1v) is 5.11. The molecule has 1 heterocycles. The van der Waals surface area contributed by atoms with Gasteiger partial charge in [0.05, 0.1) is 6.61 Å². The van der Waals surface area contributed by atoms with Gasteiger partial charge < -0.3 is 10.5 Å². The molecule has 0 radical (unpaired) electrons. The minimum atomic E-state index is -0.613. The van der Waals surface area contributed by atoms with E-state index < -0.39 is 11.9 Å². The summed E-state index contributed by atoms with van der Waals surface area (Å²) < 4.78 is 6.30. The van der Waals surface area contributed by atoms with Crippen molar-refractivity contribution in [3.63, 3.8) is 0 Å². The van der Waals surface area contributed by atoms with Gasteiger partial charge in [0, 0.05) is 6.20 Å². The molecule has 1 aromatic rings. The van der Waals surface area contributed by atoms with Crippen molar-refractivity contribution < 1.29 is 14.3 Å². The van der Waals surface area contributed by atoms with Gasteiger partial charge in [0.1, 0.15) is 11.7 Å². The lowest BCUT2D eigenvalue weighted by atomic mass is 10.2. The van der Waals surface area contributed by atoms with Crippen LogP contribution in [0.4, 0.5) is 0 Å². The number of hydrogen-bond acceptors (Lipinski definition) is 4. The molecule has 88 valence electrons. The Balaban J connectivity index is 2.86. The van der Waals surface area contributed by atoms with Crippen LogP contribution < -0.4 is 5.73 Å². The topological polar surface area (TPSA) is 87.2 Å². The highest BCUT2D eigenvalue weighted by Crippen LogP contribution is 2.12. The zero-order chi connectivity index (χ0) is 12.1. The van der Waals surface area contributed by atoms with Crippen LogP contribution in [0.25, 0.3) is 0 Å². The first-order chi connectivity index (χ1) is 7.60. The van der Waals surface area contributed by atoms with E-state index in [4.69, 9.17) is 10.5 Å². The maximum absolute atomic E-state index is 11.6. The van der Waals surface area contributed by atoms with Crippen molar-refractivity contribution in [2.24, 2.45) is 5.73 Å². The fourth-order valence-electron chi connectivity index (χ4n) is 1.34. The highest BCUT2D eigenvalue weighted by Gasteiger charge is 2.21. The van der Waals surface area contributed by atoms with E-state index in [1.54, 1.807) is 13.1 Å². The molecule has 0 aliphatic rings. The third-order valence-electron chi connectivity index (χ3n) is 2.13. The van der Waals surface area contributed by atoms with Gasteiger partial charge in [-0.3, -0.25) is 9.48 Å². The van der Waals surface area contributed by atoms with Gasteiger partial charge in [-0.25, -0.2) is 4.79 Å². The summed E-state index contributed by atoms with van der Waals surface area (Å²) in [4.78, 5) is 22.4. The molecule has 0 spiro atoms. The van der Waals surface area contributed by atoms with Crippen molar-refractivity contribution in [2.45, 2.75) is 26.3 Å². The number of hydrogen-bond donors (Lipinski definition) is 1. The lowest BCUT2D eigenvalue weighted by Gasteiger charge is -2.13. The van der Waals surface area contributed by atoms with Crippen molar-refractivity contribution in [2.75, 3.05) is 6.61 Å². The van der Waals surface area contributed by atoms with Gasteiger partial charge in [-0.1, -0.05) is 6.92 Å². The molecule has 0 aliphatic heterocycles. The summed E-state index contributed by atoms with van der Waals surface area (Å²) >= 11 is 0. The van der Waals surface area contributed by atoms with Crippen LogP contribution in [0.1, 0.15) is 36.8 Å². The molecule has 1 aromatic heterocycles. The van der Waals surface area contributed by atoms with Crippen LogP contribution >= 0.6 is 0 Å². The Hall–Kier alpha value is -1.85. The molecule has 1 rings (SSSR count). The summed E-state index contributed by atoms with van der Waals surface area (Å²) in [6.45, 7) is 3.90. The number of carbonyl (C=O) groups excluding carboxylic acids is 2. The van der Waals surface area contributed by atoms with E-state index in [9.17, 15) is 9.59 Å². The standard InChI is InChI=1S/C10H15N3O3/c1-3-8(10(15)16-4-2)13-6-5-7(12-13)9(11)14/h5-6,8H,3-4H2,1-2H3,(H2,11,14). The minimum absolute atomic E-state index is 0.141. The van der Waals surface area contributed by atoms with Crippen LogP contribution in [0.15, 0.2) is 12.3 Å². The molecule has 0 saturated heterocycles.